The van der Waals surface area contributed by atoms with Crippen LogP contribution in [0.25, 0.3) is 11.1 Å². The number of hydrogen-bond donors (Lipinski definition) is 2. The van der Waals surface area contributed by atoms with Crippen molar-refractivity contribution in [1.82, 2.24) is 10.3 Å². The second kappa shape index (κ2) is 6.48. The van der Waals surface area contributed by atoms with Gasteiger partial charge in [-0.05, 0) is 48.6 Å². The largest absolute Gasteiger partial charge is 0.416 e. The Bertz CT molecular complexity index is 786. The van der Waals surface area contributed by atoms with Gasteiger partial charge in [-0.25, -0.2) is 0 Å². The molecule has 0 saturated carbocycles. The topological polar surface area (TPSA) is 62.2 Å². The normalized spacial score (nSPS) is 17.9. The first-order valence-corrected chi connectivity index (χ1v) is 7.90. The number of fused-ring (bicyclic) bond motifs is 1. The summed E-state index contributed by atoms with van der Waals surface area (Å²) in [4.78, 5) is 15.9. The summed E-state index contributed by atoms with van der Waals surface area (Å²) in [5.41, 5.74) is 2.52. The van der Waals surface area contributed by atoms with Crippen molar-refractivity contribution >= 4 is 5.91 Å². The van der Waals surface area contributed by atoms with E-state index in [1.54, 1.807) is 12.4 Å². The fraction of sp³-hybridized carbons (Fsp3) is 0.333. The molecule has 2 aromatic rings. The van der Waals surface area contributed by atoms with Crippen molar-refractivity contribution in [3.8, 4) is 11.1 Å². The van der Waals surface area contributed by atoms with Crippen LogP contribution in [0.2, 0.25) is 0 Å². The highest BCUT2D eigenvalue weighted by Gasteiger charge is 2.31. The van der Waals surface area contributed by atoms with Gasteiger partial charge >= 0.3 is 6.18 Å². The summed E-state index contributed by atoms with van der Waals surface area (Å²) >= 11 is 0. The molecule has 0 saturated heterocycles. The Hall–Kier alpha value is -2.41. The minimum Gasteiger partial charge on any atom is -0.384 e. The van der Waals surface area contributed by atoms with Gasteiger partial charge in [0.05, 0.1) is 11.6 Å². The van der Waals surface area contributed by atoms with Gasteiger partial charge in [0, 0.05) is 18.0 Å². The van der Waals surface area contributed by atoms with Crippen molar-refractivity contribution < 1.29 is 23.1 Å². The number of rotatable bonds is 3. The number of pyridine rings is 1. The molecular formula is C18H17F3N2O2. The lowest BCUT2D eigenvalue weighted by molar-refractivity contribution is -0.137. The van der Waals surface area contributed by atoms with Crippen LogP contribution in [0, 0.1) is 0 Å². The number of aliphatic hydroxyl groups excluding tert-OH is 1. The van der Waals surface area contributed by atoms with Gasteiger partial charge in [0.1, 0.15) is 6.10 Å². The minimum atomic E-state index is -4.37. The Balaban J connectivity index is 1.91. The molecule has 1 aromatic heterocycles. The summed E-state index contributed by atoms with van der Waals surface area (Å²) < 4.78 is 38.1. The average Bonchev–Trinajstić information content (AvgIpc) is 2.97. The molecule has 2 N–H and O–H groups in total. The zero-order valence-corrected chi connectivity index (χ0v) is 13.5. The third kappa shape index (κ3) is 3.51. The third-order valence-electron chi connectivity index (χ3n) is 4.37. The number of alkyl halides is 3. The SMILES string of the molecule is C[C@@H](O)C(=O)NC1CCc2c(-c3ccc(C(F)(F)F)cc3)cncc21. The molecule has 1 unspecified atom stereocenters. The van der Waals surface area contributed by atoms with Crippen molar-refractivity contribution in [2.45, 2.75) is 38.1 Å². The standard InChI is InChI=1S/C18H17F3N2O2/c1-10(24)17(25)23-16-7-6-13-14(8-22-9-15(13)16)11-2-4-12(5-3-11)18(19,20)21/h2-5,8-10,16,24H,6-7H2,1H3,(H,23,25)/t10-,16?/m1/s1. The summed E-state index contributed by atoms with van der Waals surface area (Å²) in [6.07, 6.45) is -0.851. The van der Waals surface area contributed by atoms with Gasteiger partial charge in [-0.2, -0.15) is 13.2 Å². The summed E-state index contributed by atoms with van der Waals surface area (Å²) in [6.45, 7) is 1.39. The van der Waals surface area contributed by atoms with Crippen LogP contribution in [0.4, 0.5) is 13.2 Å². The van der Waals surface area contributed by atoms with Gasteiger partial charge in [-0.3, -0.25) is 9.78 Å². The predicted molar refractivity (Wildman–Crippen MR) is 85.6 cm³/mol. The van der Waals surface area contributed by atoms with Gasteiger partial charge in [0.25, 0.3) is 0 Å². The molecule has 2 atom stereocenters. The summed E-state index contributed by atoms with van der Waals surface area (Å²) in [6, 6.07) is 4.72. The Morgan fingerprint density at radius 2 is 1.96 bits per heavy atom. The van der Waals surface area contributed by atoms with Crippen molar-refractivity contribution in [3.63, 3.8) is 0 Å². The number of nitrogens with one attached hydrogen (secondary N) is 1. The van der Waals surface area contributed by atoms with E-state index in [2.05, 4.69) is 10.3 Å². The fourth-order valence-electron chi connectivity index (χ4n) is 3.06. The molecule has 0 aliphatic heterocycles. The quantitative estimate of drug-likeness (QED) is 0.893. The molecule has 1 amide bonds. The maximum Gasteiger partial charge on any atom is 0.416 e. The van der Waals surface area contributed by atoms with E-state index in [-0.39, 0.29) is 6.04 Å². The number of amides is 1. The van der Waals surface area contributed by atoms with Gasteiger partial charge in [0.15, 0.2) is 0 Å². The Labute approximate surface area is 142 Å². The number of hydrogen-bond acceptors (Lipinski definition) is 3. The number of carbonyl (C=O) groups excluding carboxylic acids is 1. The van der Waals surface area contributed by atoms with E-state index in [0.717, 1.165) is 28.8 Å². The molecule has 1 aliphatic carbocycles. The van der Waals surface area contributed by atoms with E-state index >= 15 is 0 Å². The first-order valence-electron chi connectivity index (χ1n) is 7.90. The van der Waals surface area contributed by atoms with E-state index < -0.39 is 23.8 Å². The van der Waals surface area contributed by atoms with Gasteiger partial charge in [-0.1, -0.05) is 12.1 Å². The van der Waals surface area contributed by atoms with Crippen LogP contribution in [0.15, 0.2) is 36.7 Å². The molecule has 1 heterocycles. The van der Waals surface area contributed by atoms with Crippen molar-refractivity contribution in [2.75, 3.05) is 0 Å². The fourth-order valence-corrected chi connectivity index (χ4v) is 3.06. The zero-order valence-electron chi connectivity index (χ0n) is 13.5. The second-order valence-electron chi connectivity index (χ2n) is 6.11. The maximum atomic E-state index is 12.7. The lowest BCUT2D eigenvalue weighted by Gasteiger charge is -2.16. The van der Waals surface area contributed by atoms with E-state index in [9.17, 15) is 23.1 Å². The van der Waals surface area contributed by atoms with Crippen LogP contribution in [-0.4, -0.2) is 22.1 Å². The summed E-state index contributed by atoms with van der Waals surface area (Å²) in [5.74, 6) is -0.460. The average molecular weight is 350 g/mol. The predicted octanol–water partition coefficient (Wildman–Crippen LogP) is 3.25. The molecule has 0 radical (unpaired) electrons. The molecule has 4 nitrogen and oxygen atoms in total. The summed E-state index contributed by atoms with van der Waals surface area (Å²) in [7, 11) is 0. The highest BCUT2D eigenvalue weighted by atomic mass is 19.4. The Morgan fingerprint density at radius 1 is 1.28 bits per heavy atom. The van der Waals surface area contributed by atoms with Gasteiger partial charge in [0.2, 0.25) is 5.91 Å². The van der Waals surface area contributed by atoms with Crippen molar-refractivity contribution in [1.29, 1.82) is 0 Å². The first kappa shape index (κ1) is 17.4. The van der Waals surface area contributed by atoms with Gasteiger partial charge < -0.3 is 10.4 Å². The number of nitrogens with zero attached hydrogens (tertiary/aromatic N) is 1. The van der Waals surface area contributed by atoms with E-state index in [1.165, 1.54) is 19.1 Å². The zero-order chi connectivity index (χ0) is 18.2. The third-order valence-corrected chi connectivity index (χ3v) is 4.37. The summed E-state index contributed by atoms with van der Waals surface area (Å²) in [5, 5.41) is 12.1. The molecule has 1 aromatic carbocycles. The smallest absolute Gasteiger partial charge is 0.384 e. The molecule has 0 bridgehead atoms. The highest BCUT2D eigenvalue weighted by molar-refractivity contribution is 5.81. The number of carbonyl (C=O) groups is 1. The number of aromatic nitrogens is 1. The van der Waals surface area contributed by atoms with E-state index in [1.807, 2.05) is 0 Å². The number of halogens is 3. The maximum absolute atomic E-state index is 12.7. The van der Waals surface area contributed by atoms with Crippen LogP contribution >= 0.6 is 0 Å². The minimum absolute atomic E-state index is 0.251. The Kier molecular flexibility index (Phi) is 4.51. The molecule has 132 valence electrons. The molecule has 0 spiro atoms. The van der Waals surface area contributed by atoms with Crippen LogP contribution in [0.3, 0.4) is 0 Å². The van der Waals surface area contributed by atoms with Crippen molar-refractivity contribution in [2.24, 2.45) is 0 Å². The lowest BCUT2D eigenvalue weighted by atomic mass is 9.98. The molecule has 25 heavy (non-hydrogen) atoms. The molecule has 1 aliphatic rings. The van der Waals surface area contributed by atoms with Crippen LogP contribution in [-0.2, 0) is 17.4 Å². The first-order chi connectivity index (χ1) is 11.8. The number of aliphatic hydroxyl groups is 1. The Morgan fingerprint density at radius 3 is 2.56 bits per heavy atom. The van der Waals surface area contributed by atoms with E-state index in [4.69, 9.17) is 0 Å². The molecule has 7 heteroatoms. The molecule has 3 rings (SSSR count). The van der Waals surface area contributed by atoms with Gasteiger partial charge in [-0.15, -0.1) is 0 Å². The molecule has 0 fully saturated rings. The lowest BCUT2D eigenvalue weighted by Crippen LogP contribution is -2.34. The second-order valence-corrected chi connectivity index (χ2v) is 6.11. The van der Waals surface area contributed by atoms with Crippen LogP contribution < -0.4 is 5.32 Å². The van der Waals surface area contributed by atoms with Crippen LogP contribution in [0.1, 0.15) is 36.1 Å². The van der Waals surface area contributed by atoms with Crippen molar-refractivity contribution in [3.05, 3.63) is 53.3 Å². The van der Waals surface area contributed by atoms with Crippen LogP contribution in [0.5, 0.6) is 0 Å². The molecular weight excluding hydrogens is 333 g/mol. The monoisotopic (exact) mass is 350 g/mol. The van der Waals surface area contributed by atoms with E-state index in [0.29, 0.717) is 18.4 Å². The number of benzene rings is 1. The highest BCUT2D eigenvalue weighted by Crippen LogP contribution is 2.38.